The van der Waals surface area contributed by atoms with E-state index in [1.54, 1.807) is 12.1 Å². The van der Waals surface area contributed by atoms with E-state index in [-0.39, 0.29) is 18.3 Å². The standard InChI is InChI=1S/C13H16N2O4/c1-9(14(8-13(16)17)11-6-7-11)10-2-4-12(5-3-10)15(18)19/h2-5,9,11H,6-8H2,1H3,(H,16,17). The Morgan fingerprint density at radius 3 is 2.47 bits per heavy atom. The number of nitro benzene ring substituents is 1. The fourth-order valence-corrected chi connectivity index (χ4v) is 2.21. The summed E-state index contributed by atoms with van der Waals surface area (Å²) in [4.78, 5) is 23.0. The molecular formula is C13H16N2O4. The number of hydrogen-bond acceptors (Lipinski definition) is 4. The lowest BCUT2D eigenvalue weighted by molar-refractivity contribution is -0.384. The molecular weight excluding hydrogens is 248 g/mol. The second-order valence-corrected chi connectivity index (χ2v) is 4.82. The smallest absolute Gasteiger partial charge is 0.317 e. The predicted molar refractivity (Wildman–Crippen MR) is 68.9 cm³/mol. The summed E-state index contributed by atoms with van der Waals surface area (Å²) in [6.07, 6.45) is 2.04. The number of carboxylic acids is 1. The van der Waals surface area contributed by atoms with E-state index in [2.05, 4.69) is 0 Å². The molecule has 0 spiro atoms. The van der Waals surface area contributed by atoms with Crippen molar-refractivity contribution in [2.75, 3.05) is 6.54 Å². The van der Waals surface area contributed by atoms with E-state index < -0.39 is 10.9 Å². The highest BCUT2D eigenvalue weighted by Crippen LogP contribution is 2.34. The Kier molecular flexibility index (Phi) is 3.80. The van der Waals surface area contributed by atoms with Gasteiger partial charge in [-0.1, -0.05) is 12.1 Å². The minimum atomic E-state index is -0.847. The average molecular weight is 264 g/mol. The molecule has 0 bridgehead atoms. The van der Waals surface area contributed by atoms with Crippen LogP contribution < -0.4 is 0 Å². The first-order chi connectivity index (χ1) is 8.99. The highest BCUT2D eigenvalue weighted by atomic mass is 16.6. The minimum Gasteiger partial charge on any atom is -0.480 e. The lowest BCUT2D eigenvalue weighted by Crippen LogP contribution is -2.34. The summed E-state index contributed by atoms with van der Waals surface area (Å²) in [5.41, 5.74) is 0.950. The van der Waals surface area contributed by atoms with Gasteiger partial charge in [-0.15, -0.1) is 0 Å². The molecule has 1 aliphatic rings. The highest BCUT2D eigenvalue weighted by molar-refractivity contribution is 5.69. The molecule has 0 heterocycles. The van der Waals surface area contributed by atoms with Crippen molar-refractivity contribution in [1.29, 1.82) is 0 Å². The Labute approximate surface area is 110 Å². The lowest BCUT2D eigenvalue weighted by Gasteiger charge is -2.27. The van der Waals surface area contributed by atoms with Gasteiger partial charge >= 0.3 is 5.97 Å². The molecule has 1 aromatic rings. The molecule has 6 nitrogen and oxygen atoms in total. The van der Waals surface area contributed by atoms with Crippen LogP contribution in [0.15, 0.2) is 24.3 Å². The molecule has 0 amide bonds. The SMILES string of the molecule is CC(c1ccc([N+](=O)[O-])cc1)N(CC(=O)O)C1CC1. The molecule has 0 saturated heterocycles. The van der Waals surface area contributed by atoms with Gasteiger partial charge in [0.25, 0.3) is 5.69 Å². The molecule has 2 rings (SSSR count). The number of nitro groups is 1. The Morgan fingerprint density at radius 1 is 1.47 bits per heavy atom. The van der Waals surface area contributed by atoms with Crippen LogP contribution in [0.2, 0.25) is 0 Å². The van der Waals surface area contributed by atoms with Crippen molar-refractivity contribution in [3.63, 3.8) is 0 Å². The predicted octanol–water partition coefficient (Wildman–Crippen LogP) is 2.20. The molecule has 1 unspecified atom stereocenters. The first-order valence-electron chi connectivity index (χ1n) is 6.21. The molecule has 0 aromatic heterocycles. The Bertz CT molecular complexity index is 482. The molecule has 19 heavy (non-hydrogen) atoms. The van der Waals surface area contributed by atoms with Gasteiger partial charge in [0.2, 0.25) is 0 Å². The summed E-state index contributed by atoms with van der Waals surface area (Å²) in [6, 6.07) is 6.57. The van der Waals surface area contributed by atoms with Crippen molar-refractivity contribution < 1.29 is 14.8 Å². The van der Waals surface area contributed by atoms with Gasteiger partial charge < -0.3 is 5.11 Å². The first kappa shape index (κ1) is 13.5. The summed E-state index contributed by atoms with van der Waals surface area (Å²) in [6.45, 7) is 1.94. The normalized spacial score (nSPS) is 16.3. The molecule has 102 valence electrons. The quantitative estimate of drug-likeness (QED) is 0.629. The lowest BCUT2D eigenvalue weighted by atomic mass is 10.1. The fraction of sp³-hybridized carbons (Fsp3) is 0.462. The zero-order valence-electron chi connectivity index (χ0n) is 10.7. The van der Waals surface area contributed by atoms with Crippen molar-refractivity contribution >= 4 is 11.7 Å². The number of benzene rings is 1. The van der Waals surface area contributed by atoms with Crippen LogP contribution in [-0.2, 0) is 4.79 Å². The zero-order valence-corrected chi connectivity index (χ0v) is 10.7. The number of rotatable bonds is 6. The van der Waals surface area contributed by atoms with E-state index in [1.165, 1.54) is 12.1 Å². The van der Waals surface area contributed by atoms with Crippen LogP contribution in [-0.4, -0.2) is 33.5 Å². The van der Waals surface area contributed by atoms with Gasteiger partial charge in [-0.05, 0) is 25.3 Å². The Hall–Kier alpha value is -1.95. The zero-order chi connectivity index (χ0) is 14.0. The van der Waals surface area contributed by atoms with E-state index in [4.69, 9.17) is 5.11 Å². The van der Waals surface area contributed by atoms with E-state index in [0.717, 1.165) is 18.4 Å². The summed E-state index contributed by atoms with van der Waals surface area (Å²) in [7, 11) is 0. The minimum absolute atomic E-state index is 0.00280. The van der Waals surface area contributed by atoms with Crippen molar-refractivity contribution in [3.8, 4) is 0 Å². The van der Waals surface area contributed by atoms with Gasteiger partial charge in [-0.2, -0.15) is 0 Å². The summed E-state index contributed by atoms with van der Waals surface area (Å²) >= 11 is 0. The second kappa shape index (κ2) is 5.36. The van der Waals surface area contributed by atoms with Crippen molar-refractivity contribution in [2.45, 2.75) is 31.8 Å². The third-order valence-corrected chi connectivity index (χ3v) is 3.42. The second-order valence-electron chi connectivity index (χ2n) is 4.82. The molecule has 1 fully saturated rings. The third-order valence-electron chi connectivity index (χ3n) is 3.42. The number of carbonyl (C=O) groups is 1. The maximum atomic E-state index is 10.9. The number of carboxylic acid groups (broad SMARTS) is 1. The molecule has 1 atom stereocenters. The monoisotopic (exact) mass is 264 g/mol. The summed E-state index contributed by atoms with van der Waals surface area (Å²) in [5.74, 6) is -0.847. The molecule has 1 aliphatic carbocycles. The Morgan fingerprint density at radius 2 is 2.05 bits per heavy atom. The van der Waals surface area contributed by atoms with Gasteiger partial charge in [-0.3, -0.25) is 19.8 Å². The van der Waals surface area contributed by atoms with Crippen LogP contribution in [0.25, 0.3) is 0 Å². The topological polar surface area (TPSA) is 83.7 Å². The van der Waals surface area contributed by atoms with Gasteiger partial charge in [0.1, 0.15) is 0 Å². The molecule has 0 radical (unpaired) electrons. The van der Waals surface area contributed by atoms with E-state index in [9.17, 15) is 14.9 Å². The van der Waals surface area contributed by atoms with Crippen molar-refractivity contribution in [1.82, 2.24) is 4.90 Å². The van der Waals surface area contributed by atoms with Crippen molar-refractivity contribution in [3.05, 3.63) is 39.9 Å². The molecule has 1 N–H and O–H groups in total. The summed E-state index contributed by atoms with van der Waals surface area (Å²) in [5, 5.41) is 19.5. The number of nitrogens with zero attached hydrogens (tertiary/aromatic N) is 2. The Balaban J connectivity index is 2.14. The van der Waals surface area contributed by atoms with Gasteiger partial charge in [0.05, 0.1) is 11.5 Å². The summed E-state index contributed by atoms with van der Waals surface area (Å²) < 4.78 is 0. The number of hydrogen-bond donors (Lipinski definition) is 1. The fourth-order valence-electron chi connectivity index (χ4n) is 2.21. The van der Waals surface area contributed by atoms with Gasteiger partial charge in [0.15, 0.2) is 0 Å². The number of aliphatic carboxylic acids is 1. The van der Waals surface area contributed by atoms with E-state index in [0.29, 0.717) is 6.04 Å². The molecule has 1 saturated carbocycles. The third kappa shape index (κ3) is 3.29. The van der Waals surface area contributed by atoms with Gasteiger partial charge in [-0.25, -0.2) is 0 Å². The van der Waals surface area contributed by atoms with Crippen LogP contribution in [0.4, 0.5) is 5.69 Å². The largest absolute Gasteiger partial charge is 0.480 e. The number of non-ortho nitro benzene ring substituents is 1. The highest BCUT2D eigenvalue weighted by Gasteiger charge is 2.34. The molecule has 1 aromatic carbocycles. The van der Waals surface area contributed by atoms with Gasteiger partial charge in [0, 0.05) is 24.2 Å². The van der Waals surface area contributed by atoms with E-state index in [1.807, 2.05) is 11.8 Å². The van der Waals surface area contributed by atoms with Crippen LogP contribution in [0, 0.1) is 10.1 Å². The maximum absolute atomic E-state index is 10.9. The average Bonchev–Trinajstić information content (AvgIpc) is 3.19. The van der Waals surface area contributed by atoms with Crippen LogP contribution in [0.3, 0.4) is 0 Å². The first-order valence-corrected chi connectivity index (χ1v) is 6.21. The molecule has 0 aliphatic heterocycles. The van der Waals surface area contributed by atoms with Crippen molar-refractivity contribution in [2.24, 2.45) is 0 Å². The van der Waals surface area contributed by atoms with Crippen LogP contribution in [0.1, 0.15) is 31.4 Å². The van der Waals surface area contributed by atoms with Crippen LogP contribution in [0.5, 0.6) is 0 Å². The van der Waals surface area contributed by atoms with E-state index >= 15 is 0 Å². The van der Waals surface area contributed by atoms with Crippen LogP contribution >= 0.6 is 0 Å². The maximum Gasteiger partial charge on any atom is 0.317 e. The molecule has 6 heteroatoms.